The van der Waals surface area contributed by atoms with Crippen molar-refractivity contribution < 1.29 is 0 Å². The summed E-state index contributed by atoms with van der Waals surface area (Å²) in [6, 6.07) is 72.9. The van der Waals surface area contributed by atoms with Crippen molar-refractivity contribution in [1.82, 2.24) is 19.5 Å². The Morgan fingerprint density at radius 2 is 0.842 bits per heavy atom. The predicted molar refractivity (Wildman–Crippen MR) is 236 cm³/mol. The largest absolute Gasteiger partial charge is 0.309 e. The zero-order valence-corrected chi connectivity index (χ0v) is 30.9. The summed E-state index contributed by atoms with van der Waals surface area (Å²) in [4.78, 5) is 15.4. The van der Waals surface area contributed by atoms with E-state index in [1.807, 2.05) is 24.3 Å². The van der Waals surface area contributed by atoms with Crippen LogP contribution in [-0.2, 0) is 0 Å². The van der Waals surface area contributed by atoms with E-state index < -0.39 is 0 Å². The van der Waals surface area contributed by atoms with E-state index in [1.165, 1.54) is 32.7 Å². The third-order valence-electron chi connectivity index (χ3n) is 11.0. The molecule has 0 unspecified atom stereocenters. The third kappa shape index (κ3) is 5.74. The van der Waals surface area contributed by atoms with Gasteiger partial charge in [0.1, 0.15) is 0 Å². The second-order valence-electron chi connectivity index (χ2n) is 14.4. The summed E-state index contributed by atoms with van der Waals surface area (Å²) in [5, 5.41) is 7.10. The molecule has 0 spiro atoms. The molecular formula is C53H34N4. The fourth-order valence-corrected chi connectivity index (χ4v) is 8.26. The van der Waals surface area contributed by atoms with Crippen LogP contribution in [0.25, 0.3) is 105 Å². The Bertz CT molecular complexity index is 3290. The number of nitrogens with zero attached hydrogens (tertiary/aromatic N) is 4. The molecule has 0 aliphatic carbocycles. The van der Waals surface area contributed by atoms with Gasteiger partial charge in [0.15, 0.2) is 17.5 Å². The van der Waals surface area contributed by atoms with Crippen molar-refractivity contribution in [3.63, 3.8) is 0 Å². The molecule has 9 aromatic carbocycles. The summed E-state index contributed by atoms with van der Waals surface area (Å²) in [5.74, 6) is 1.90. The molecule has 0 N–H and O–H groups in total. The molecule has 0 aliphatic heterocycles. The first-order chi connectivity index (χ1) is 28.2. The number of rotatable bonds is 6. The summed E-state index contributed by atoms with van der Waals surface area (Å²) >= 11 is 0. The molecule has 0 atom stereocenters. The second kappa shape index (κ2) is 13.6. The predicted octanol–water partition coefficient (Wildman–Crippen LogP) is 13.6. The van der Waals surface area contributed by atoms with Crippen LogP contribution < -0.4 is 0 Å². The smallest absolute Gasteiger partial charge is 0.164 e. The van der Waals surface area contributed by atoms with Gasteiger partial charge in [0, 0.05) is 32.8 Å². The maximum absolute atomic E-state index is 5.21. The van der Waals surface area contributed by atoms with Crippen molar-refractivity contribution in [2.75, 3.05) is 0 Å². The van der Waals surface area contributed by atoms with Crippen molar-refractivity contribution in [2.45, 2.75) is 0 Å². The van der Waals surface area contributed by atoms with Crippen molar-refractivity contribution in [2.24, 2.45) is 0 Å². The topological polar surface area (TPSA) is 43.6 Å². The Hall–Kier alpha value is -7.69. The first-order valence-corrected chi connectivity index (χ1v) is 19.3. The molecule has 2 heterocycles. The van der Waals surface area contributed by atoms with Gasteiger partial charge in [-0.2, -0.15) is 0 Å². The highest BCUT2D eigenvalue weighted by Crippen LogP contribution is 2.39. The van der Waals surface area contributed by atoms with Crippen LogP contribution in [0.3, 0.4) is 0 Å². The van der Waals surface area contributed by atoms with Gasteiger partial charge in [-0.1, -0.05) is 170 Å². The van der Waals surface area contributed by atoms with Crippen LogP contribution in [0, 0.1) is 0 Å². The highest BCUT2D eigenvalue weighted by molar-refractivity contribution is 6.12. The minimum Gasteiger partial charge on any atom is -0.309 e. The average molecular weight is 727 g/mol. The van der Waals surface area contributed by atoms with Gasteiger partial charge in [0.25, 0.3) is 0 Å². The first kappa shape index (κ1) is 32.7. The van der Waals surface area contributed by atoms with Gasteiger partial charge >= 0.3 is 0 Å². The van der Waals surface area contributed by atoms with Crippen molar-refractivity contribution in [3.8, 4) is 62.1 Å². The molecule has 0 amide bonds. The summed E-state index contributed by atoms with van der Waals surface area (Å²) in [7, 11) is 0. The molecule has 57 heavy (non-hydrogen) atoms. The lowest BCUT2D eigenvalue weighted by Crippen LogP contribution is -2.02. The average Bonchev–Trinajstić information content (AvgIpc) is 3.62. The van der Waals surface area contributed by atoms with Gasteiger partial charge in [-0.3, -0.25) is 0 Å². The number of hydrogen-bond donors (Lipinski definition) is 0. The standard InChI is InChI=1S/C53H34N4/c1-3-14-35(15-4-1)39-20-13-21-42(33-39)52-54-51(37-17-5-2-6-18-37)55-53(56-52)47-30-31-49(44-23-10-9-22-43(44)47)57-48-25-12-11-24-45(48)46-29-28-41(34-50(46)57)40-27-26-36-16-7-8-19-38(36)32-40/h1-34H. The van der Waals surface area contributed by atoms with Gasteiger partial charge in [-0.25, -0.2) is 15.0 Å². The Balaban J connectivity index is 1.11. The quantitative estimate of drug-likeness (QED) is 0.171. The molecule has 11 aromatic rings. The lowest BCUT2D eigenvalue weighted by Gasteiger charge is -2.15. The summed E-state index contributed by atoms with van der Waals surface area (Å²) in [6.45, 7) is 0. The van der Waals surface area contributed by atoms with E-state index in [0.717, 1.165) is 55.3 Å². The van der Waals surface area contributed by atoms with Gasteiger partial charge in [0.2, 0.25) is 0 Å². The van der Waals surface area contributed by atoms with Crippen molar-refractivity contribution in [1.29, 1.82) is 0 Å². The van der Waals surface area contributed by atoms with Gasteiger partial charge in [-0.05, 0) is 74.8 Å². The van der Waals surface area contributed by atoms with E-state index in [-0.39, 0.29) is 0 Å². The van der Waals surface area contributed by atoms with E-state index in [2.05, 4.69) is 187 Å². The number of benzene rings is 9. The molecule has 266 valence electrons. The second-order valence-corrected chi connectivity index (χ2v) is 14.4. The number of hydrogen-bond acceptors (Lipinski definition) is 3. The Kier molecular flexibility index (Phi) is 7.78. The van der Waals surface area contributed by atoms with Crippen LogP contribution in [0.15, 0.2) is 206 Å². The summed E-state index contributed by atoms with van der Waals surface area (Å²) in [5.41, 5.74) is 10.9. The molecule has 0 radical (unpaired) electrons. The van der Waals surface area contributed by atoms with Crippen LogP contribution >= 0.6 is 0 Å². The molecule has 4 nitrogen and oxygen atoms in total. The van der Waals surface area contributed by atoms with E-state index in [4.69, 9.17) is 15.0 Å². The minimum atomic E-state index is 0.632. The van der Waals surface area contributed by atoms with Crippen LogP contribution in [0.2, 0.25) is 0 Å². The lowest BCUT2D eigenvalue weighted by atomic mass is 9.99. The van der Waals surface area contributed by atoms with Gasteiger partial charge in [-0.15, -0.1) is 0 Å². The maximum Gasteiger partial charge on any atom is 0.164 e. The molecular weight excluding hydrogens is 693 g/mol. The van der Waals surface area contributed by atoms with E-state index in [0.29, 0.717) is 17.5 Å². The van der Waals surface area contributed by atoms with Gasteiger partial charge < -0.3 is 4.57 Å². The van der Waals surface area contributed by atoms with Crippen LogP contribution in [0.5, 0.6) is 0 Å². The Labute approximate surface area is 330 Å². The zero-order valence-electron chi connectivity index (χ0n) is 30.9. The normalized spacial score (nSPS) is 11.5. The molecule has 4 heteroatoms. The maximum atomic E-state index is 5.21. The van der Waals surface area contributed by atoms with Crippen LogP contribution in [0.4, 0.5) is 0 Å². The molecule has 0 bridgehead atoms. The first-order valence-electron chi connectivity index (χ1n) is 19.3. The van der Waals surface area contributed by atoms with Crippen molar-refractivity contribution in [3.05, 3.63) is 206 Å². The van der Waals surface area contributed by atoms with E-state index in [9.17, 15) is 0 Å². The van der Waals surface area contributed by atoms with E-state index in [1.54, 1.807) is 0 Å². The highest BCUT2D eigenvalue weighted by Gasteiger charge is 2.19. The van der Waals surface area contributed by atoms with Crippen LogP contribution in [-0.4, -0.2) is 19.5 Å². The highest BCUT2D eigenvalue weighted by atomic mass is 15.0. The van der Waals surface area contributed by atoms with Gasteiger partial charge in [0.05, 0.1) is 16.7 Å². The fraction of sp³-hybridized carbons (Fsp3) is 0. The molecule has 0 aliphatic rings. The molecule has 0 fully saturated rings. The number of aromatic nitrogens is 4. The fourth-order valence-electron chi connectivity index (χ4n) is 8.26. The van der Waals surface area contributed by atoms with E-state index >= 15 is 0 Å². The SMILES string of the molecule is c1ccc(-c2cccc(-c3nc(-c4ccccc4)nc(-c4ccc(-n5c6ccccc6c6ccc(-c7ccc8ccccc8c7)cc65)c5ccccc45)n3)c2)cc1. The lowest BCUT2D eigenvalue weighted by molar-refractivity contribution is 1.08. The van der Waals surface area contributed by atoms with Crippen molar-refractivity contribution >= 4 is 43.4 Å². The van der Waals surface area contributed by atoms with Crippen LogP contribution in [0.1, 0.15) is 0 Å². The third-order valence-corrected chi connectivity index (χ3v) is 11.0. The Morgan fingerprint density at radius 1 is 0.281 bits per heavy atom. The molecule has 2 aromatic heterocycles. The number of para-hydroxylation sites is 1. The summed E-state index contributed by atoms with van der Waals surface area (Å²) < 4.78 is 2.42. The molecule has 0 saturated heterocycles. The minimum absolute atomic E-state index is 0.632. The summed E-state index contributed by atoms with van der Waals surface area (Å²) in [6.07, 6.45) is 0. The molecule has 0 saturated carbocycles. The Morgan fingerprint density at radius 3 is 1.67 bits per heavy atom. The zero-order chi connectivity index (χ0) is 37.7. The number of fused-ring (bicyclic) bond motifs is 5. The monoisotopic (exact) mass is 726 g/mol. The molecule has 11 rings (SSSR count).